The van der Waals surface area contributed by atoms with Crippen molar-refractivity contribution in [3.8, 4) is 0 Å². The number of hydrogen-bond acceptors (Lipinski definition) is 4. The first kappa shape index (κ1) is 14.2. The van der Waals surface area contributed by atoms with Crippen LogP contribution in [0.2, 0.25) is 0 Å². The van der Waals surface area contributed by atoms with Crippen molar-refractivity contribution < 1.29 is 4.79 Å². The molecule has 6 heteroatoms. The van der Waals surface area contributed by atoms with Gasteiger partial charge in [-0.1, -0.05) is 6.08 Å². The first-order valence-corrected chi connectivity index (χ1v) is 6.60. The molecule has 0 aliphatic heterocycles. The van der Waals surface area contributed by atoms with Crippen LogP contribution >= 0.6 is 0 Å². The second kappa shape index (κ2) is 5.81. The molecule has 0 fully saturated rings. The zero-order chi connectivity index (χ0) is 14.7. The summed E-state index contributed by atoms with van der Waals surface area (Å²) in [6.07, 6.45) is 3.61. The zero-order valence-corrected chi connectivity index (χ0v) is 12.1. The van der Waals surface area contributed by atoms with Crippen molar-refractivity contribution in [1.29, 1.82) is 0 Å². The van der Waals surface area contributed by atoms with Crippen LogP contribution in [0.3, 0.4) is 0 Å². The number of amides is 1. The molecule has 2 aromatic rings. The molecule has 2 rings (SSSR count). The first-order valence-electron chi connectivity index (χ1n) is 6.60. The van der Waals surface area contributed by atoms with Gasteiger partial charge in [-0.15, -0.1) is 11.7 Å². The SMILES string of the molecule is C=CCCCN(C)C(=O)c1nc2nc(C)cc(C)n2n1. The molecular formula is C14H19N5O. The van der Waals surface area contributed by atoms with Crippen LogP contribution in [0, 0.1) is 13.8 Å². The highest BCUT2D eigenvalue weighted by atomic mass is 16.2. The van der Waals surface area contributed by atoms with Gasteiger partial charge < -0.3 is 4.90 Å². The van der Waals surface area contributed by atoms with Gasteiger partial charge in [-0.3, -0.25) is 4.79 Å². The predicted molar refractivity (Wildman–Crippen MR) is 76.6 cm³/mol. The fourth-order valence-electron chi connectivity index (χ4n) is 2.00. The van der Waals surface area contributed by atoms with Crippen LogP contribution in [-0.4, -0.2) is 44.0 Å². The molecule has 0 aliphatic carbocycles. The average molecular weight is 273 g/mol. The number of aromatic nitrogens is 4. The van der Waals surface area contributed by atoms with Crippen molar-refractivity contribution in [3.63, 3.8) is 0 Å². The van der Waals surface area contributed by atoms with E-state index in [1.54, 1.807) is 16.5 Å². The fourth-order valence-corrected chi connectivity index (χ4v) is 2.00. The summed E-state index contributed by atoms with van der Waals surface area (Å²) in [5.74, 6) is 0.467. The topological polar surface area (TPSA) is 63.4 Å². The Morgan fingerprint density at radius 1 is 1.45 bits per heavy atom. The van der Waals surface area contributed by atoms with Crippen LogP contribution in [0.25, 0.3) is 5.78 Å². The molecule has 2 aromatic heterocycles. The van der Waals surface area contributed by atoms with E-state index in [0.29, 0.717) is 12.3 Å². The summed E-state index contributed by atoms with van der Waals surface area (Å²) in [5, 5.41) is 4.23. The minimum atomic E-state index is -0.184. The van der Waals surface area contributed by atoms with E-state index in [1.807, 2.05) is 26.0 Å². The summed E-state index contributed by atoms with van der Waals surface area (Å²) in [6.45, 7) is 8.13. The highest BCUT2D eigenvalue weighted by Gasteiger charge is 2.18. The van der Waals surface area contributed by atoms with Gasteiger partial charge in [-0.25, -0.2) is 9.50 Å². The number of allylic oxidation sites excluding steroid dienone is 1. The van der Waals surface area contributed by atoms with Gasteiger partial charge in [0.2, 0.25) is 5.82 Å². The van der Waals surface area contributed by atoms with E-state index in [1.165, 1.54) is 0 Å². The Bertz CT molecular complexity index is 646. The van der Waals surface area contributed by atoms with Crippen LogP contribution in [-0.2, 0) is 0 Å². The number of carbonyl (C=O) groups is 1. The van der Waals surface area contributed by atoms with E-state index in [0.717, 1.165) is 24.2 Å². The lowest BCUT2D eigenvalue weighted by molar-refractivity contribution is 0.0782. The van der Waals surface area contributed by atoms with Crippen LogP contribution in [0.5, 0.6) is 0 Å². The average Bonchev–Trinajstić information content (AvgIpc) is 2.82. The number of hydrogen-bond donors (Lipinski definition) is 0. The number of carbonyl (C=O) groups excluding carboxylic acids is 1. The van der Waals surface area contributed by atoms with Crippen molar-refractivity contribution in [2.45, 2.75) is 26.7 Å². The number of nitrogens with zero attached hydrogens (tertiary/aromatic N) is 5. The molecule has 0 aromatic carbocycles. The Balaban J connectivity index is 2.22. The largest absolute Gasteiger partial charge is 0.339 e. The highest BCUT2D eigenvalue weighted by molar-refractivity contribution is 5.90. The third-order valence-corrected chi connectivity index (χ3v) is 3.06. The molecule has 1 amide bonds. The molecule has 20 heavy (non-hydrogen) atoms. The molecule has 0 atom stereocenters. The number of fused-ring (bicyclic) bond motifs is 1. The maximum absolute atomic E-state index is 12.2. The third kappa shape index (κ3) is 2.84. The molecule has 0 unspecified atom stereocenters. The Morgan fingerprint density at radius 2 is 2.20 bits per heavy atom. The molecule has 106 valence electrons. The van der Waals surface area contributed by atoms with Crippen LogP contribution in [0.4, 0.5) is 0 Å². The van der Waals surface area contributed by atoms with Gasteiger partial charge in [-0.2, -0.15) is 4.98 Å². The molecule has 0 aliphatic rings. The molecule has 0 radical (unpaired) electrons. The second-order valence-corrected chi connectivity index (χ2v) is 4.84. The number of aryl methyl sites for hydroxylation is 2. The van der Waals surface area contributed by atoms with Crippen molar-refractivity contribution in [3.05, 3.63) is 35.9 Å². The van der Waals surface area contributed by atoms with E-state index < -0.39 is 0 Å². The molecule has 0 saturated heterocycles. The lowest BCUT2D eigenvalue weighted by Crippen LogP contribution is -2.28. The minimum absolute atomic E-state index is 0.184. The lowest BCUT2D eigenvalue weighted by atomic mass is 10.3. The first-order chi connectivity index (χ1) is 9.52. The van der Waals surface area contributed by atoms with Gasteiger partial charge in [-0.05, 0) is 32.8 Å². The monoisotopic (exact) mass is 273 g/mol. The van der Waals surface area contributed by atoms with Crippen molar-refractivity contribution in [2.75, 3.05) is 13.6 Å². The molecule has 0 N–H and O–H groups in total. The predicted octanol–water partition coefficient (Wildman–Crippen LogP) is 1.78. The molecule has 6 nitrogen and oxygen atoms in total. The van der Waals surface area contributed by atoms with Gasteiger partial charge in [0.05, 0.1) is 0 Å². The Labute approximate surface area is 118 Å². The fraction of sp³-hybridized carbons (Fsp3) is 0.429. The van der Waals surface area contributed by atoms with Gasteiger partial charge in [0.15, 0.2) is 0 Å². The Morgan fingerprint density at radius 3 is 2.90 bits per heavy atom. The minimum Gasteiger partial charge on any atom is -0.339 e. The van der Waals surface area contributed by atoms with E-state index in [9.17, 15) is 4.79 Å². The van der Waals surface area contributed by atoms with Crippen molar-refractivity contribution in [1.82, 2.24) is 24.5 Å². The summed E-state index contributed by atoms with van der Waals surface area (Å²) in [5.41, 5.74) is 1.77. The quantitative estimate of drug-likeness (QED) is 0.615. The summed E-state index contributed by atoms with van der Waals surface area (Å²) in [6, 6.07) is 1.91. The normalized spacial score (nSPS) is 10.8. The Hall–Kier alpha value is -2.24. The second-order valence-electron chi connectivity index (χ2n) is 4.84. The highest BCUT2D eigenvalue weighted by Crippen LogP contribution is 2.07. The van der Waals surface area contributed by atoms with Crippen molar-refractivity contribution in [2.24, 2.45) is 0 Å². The summed E-state index contributed by atoms with van der Waals surface area (Å²) < 4.78 is 1.60. The number of rotatable bonds is 5. The number of unbranched alkanes of at least 4 members (excludes halogenated alkanes) is 1. The smallest absolute Gasteiger partial charge is 0.293 e. The van der Waals surface area contributed by atoms with E-state index in [2.05, 4.69) is 21.6 Å². The standard InChI is InChI=1S/C14H19N5O/c1-5-6-7-8-18(4)13(20)12-16-14-15-10(2)9-11(3)19(14)17-12/h5,9H,1,6-8H2,2-4H3. The molecule has 2 heterocycles. The molecular weight excluding hydrogens is 254 g/mol. The summed E-state index contributed by atoms with van der Waals surface area (Å²) in [4.78, 5) is 22.4. The van der Waals surface area contributed by atoms with E-state index >= 15 is 0 Å². The van der Waals surface area contributed by atoms with Crippen LogP contribution < -0.4 is 0 Å². The molecule has 0 saturated carbocycles. The maximum Gasteiger partial charge on any atom is 0.293 e. The van der Waals surface area contributed by atoms with Crippen molar-refractivity contribution >= 4 is 11.7 Å². The van der Waals surface area contributed by atoms with E-state index in [4.69, 9.17) is 0 Å². The van der Waals surface area contributed by atoms with Crippen LogP contribution in [0.15, 0.2) is 18.7 Å². The lowest BCUT2D eigenvalue weighted by Gasteiger charge is -2.14. The van der Waals surface area contributed by atoms with Gasteiger partial charge in [0.1, 0.15) is 0 Å². The van der Waals surface area contributed by atoms with Crippen LogP contribution in [0.1, 0.15) is 34.8 Å². The van der Waals surface area contributed by atoms with E-state index in [-0.39, 0.29) is 11.7 Å². The maximum atomic E-state index is 12.2. The molecule has 0 spiro atoms. The summed E-state index contributed by atoms with van der Waals surface area (Å²) in [7, 11) is 1.75. The van der Waals surface area contributed by atoms with Gasteiger partial charge in [0, 0.05) is 25.0 Å². The summed E-state index contributed by atoms with van der Waals surface area (Å²) >= 11 is 0. The zero-order valence-electron chi connectivity index (χ0n) is 12.1. The van der Waals surface area contributed by atoms with Gasteiger partial charge in [0.25, 0.3) is 11.7 Å². The third-order valence-electron chi connectivity index (χ3n) is 3.06. The molecule has 0 bridgehead atoms. The Kier molecular flexibility index (Phi) is 4.12. The van der Waals surface area contributed by atoms with Gasteiger partial charge >= 0.3 is 0 Å².